The molecule has 0 spiro atoms. The molecule has 12 rings (SSSR count). The summed E-state index contributed by atoms with van der Waals surface area (Å²) in [7, 11) is 0. The Balaban J connectivity index is 1.18. The lowest BCUT2D eigenvalue weighted by molar-refractivity contribution is 0.558. The van der Waals surface area contributed by atoms with Crippen molar-refractivity contribution in [2.75, 3.05) is 9.80 Å². The third-order valence-electron chi connectivity index (χ3n) is 16.7. The van der Waals surface area contributed by atoms with Crippen molar-refractivity contribution in [2.45, 2.75) is 144 Å². The Kier molecular flexibility index (Phi) is 11.8. The number of para-hydroxylation sites is 4. The van der Waals surface area contributed by atoms with Crippen LogP contribution in [0.3, 0.4) is 0 Å². The summed E-state index contributed by atoms with van der Waals surface area (Å²) >= 11 is 0. The molecule has 2 aromatic heterocycles. The van der Waals surface area contributed by atoms with Gasteiger partial charge in [0.2, 0.25) is 0 Å². The zero-order valence-corrected chi connectivity index (χ0v) is 48.9. The molecule has 394 valence electrons. The lowest BCUT2D eigenvalue weighted by Gasteiger charge is -2.31. The third kappa shape index (κ3) is 8.23. The molecule has 0 atom stereocenters. The number of rotatable bonds is 8. The van der Waals surface area contributed by atoms with Gasteiger partial charge in [-0.05, 0) is 138 Å². The maximum absolute atomic E-state index is 7.34. The van der Waals surface area contributed by atoms with Crippen molar-refractivity contribution in [2.24, 2.45) is 0 Å². The zero-order chi connectivity index (χ0) is 55.1. The molecule has 4 heteroatoms. The van der Waals surface area contributed by atoms with E-state index in [0.29, 0.717) is 0 Å². The van der Waals surface area contributed by atoms with Gasteiger partial charge in [0.1, 0.15) is 11.2 Å². The third-order valence-corrected chi connectivity index (χ3v) is 16.7. The molecule has 2 heterocycles. The molecule has 0 radical (unpaired) electrons. The first-order valence-electron chi connectivity index (χ1n) is 28.4. The van der Waals surface area contributed by atoms with Crippen LogP contribution in [-0.2, 0) is 21.7 Å². The van der Waals surface area contributed by atoms with Gasteiger partial charge in [-0.3, -0.25) is 0 Å². The predicted molar refractivity (Wildman–Crippen MR) is 337 cm³/mol. The summed E-state index contributed by atoms with van der Waals surface area (Å²) in [6.45, 7) is 37.0. The van der Waals surface area contributed by atoms with E-state index in [9.17, 15) is 0 Å². The Morgan fingerprint density at radius 3 is 1.00 bits per heavy atom. The van der Waals surface area contributed by atoms with Crippen molar-refractivity contribution in [3.05, 3.63) is 191 Å². The number of hydrogen-bond donors (Lipinski definition) is 0. The van der Waals surface area contributed by atoms with Crippen LogP contribution < -0.4 is 9.80 Å². The summed E-state index contributed by atoms with van der Waals surface area (Å²) in [6.07, 6.45) is 0. The van der Waals surface area contributed by atoms with Crippen molar-refractivity contribution in [1.82, 2.24) is 0 Å². The number of fused-ring (bicyclic) bond motifs is 6. The first kappa shape index (κ1) is 51.2. The molecule has 0 fully saturated rings. The van der Waals surface area contributed by atoms with Crippen LogP contribution >= 0.6 is 0 Å². The van der Waals surface area contributed by atoms with E-state index in [0.717, 1.165) is 78.0 Å². The summed E-state index contributed by atoms with van der Waals surface area (Å²) < 4.78 is 14.7. The van der Waals surface area contributed by atoms with Crippen LogP contribution in [0.25, 0.3) is 76.2 Å². The summed E-state index contributed by atoms with van der Waals surface area (Å²) in [6, 6.07) is 59.4. The van der Waals surface area contributed by atoms with Crippen LogP contribution in [-0.4, -0.2) is 0 Å². The number of benzene rings is 10. The highest BCUT2D eigenvalue weighted by Crippen LogP contribution is 2.54. The van der Waals surface area contributed by atoms with Gasteiger partial charge in [-0.2, -0.15) is 0 Å². The van der Waals surface area contributed by atoms with Crippen molar-refractivity contribution >= 4 is 110 Å². The van der Waals surface area contributed by atoms with Crippen LogP contribution in [0.2, 0.25) is 0 Å². The van der Waals surface area contributed by atoms with E-state index in [2.05, 4.69) is 278 Å². The van der Waals surface area contributed by atoms with E-state index >= 15 is 0 Å². The first-order valence-corrected chi connectivity index (χ1v) is 28.4. The molecule has 0 saturated heterocycles. The van der Waals surface area contributed by atoms with E-state index < -0.39 is 0 Å². The average molecular weight is 1030 g/mol. The monoisotopic (exact) mass is 1020 g/mol. The Hall–Kier alpha value is -7.56. The first-order chi connectivity index (χ1) is 36.9. The molecule has 0 bridgehead atoms. The summed E-state index contributed by atoms with van der Waals surface area (Å²) in [5.74, 6) is 0.455. The van der Waals surface area contributed by atoms with Crippen LogP contribution in [0, 0.1) is 0 Å². The maximum atomic E-state index is 7.34. The van der Waals surface area contributed by atoms with Gasteiger partial charge in [0.15, 0.2) is 11.2 Å². The lowest BCUT2D eigenvalue weighted by atomic mass is 9.79. The van der Waals surface area contributed by atoms with Crippen LogP contribution in [0.15, 0.2) is 167 Å². The van der Waals surface area contributed by atoms with Crippen LogP contribution in [0.4, 0.5) is 34.1 Å². The molecule has 0 N–H and O–H groups in total. The minimum absolute atomic E-state index is 0.0404. The molecular weight excluding hydrogens is 949 g/mol. The van der Waals surface area contributed by atoms with E-state index in [1.165, 1.54) is 65.7 Å². The Morgan fingerprint density at radius 1 is 0.308 bits per heavy atom. The fraction of sp³-hybridized carbons (Fsp3) is 0.297. The minimum atomic E-state index is -0.140. The van der Waals surface area contributed by atoms with E-state index in [1.54, 1.807) is 0 Å². The second kappa shape index (κ2) is 18.0. The van der Waals surface area contributed by atoms with E-state index in [1.807, 2.05) is 0 Å². The molecule has 0 amide bonds. The van der Waals surface area contributed by atoms with Gasteiger partial charge >= 0.3 is 0 Å². The second-order valence-corrected chi connectivity index (χ2v) is 27.0. The van der Waals surface area contributed by atoms with Gasteiger partial charge in [0.25, 0.3) is 0 Å². The fourth-order valence-electron chi connectivity index (χ4n) is 12.4. The summed E-state index contributed by atoms with van der Waals surface area (Å²) in [5, 5.41) is 12.1. The zero-order valence-electron chi connectivity index (χ0n) is 48.9. The van der Waals surface area contributed by atoms with Gasteiger partial charge in [-0.15, -0.1) is 0 Å². The van der Waals surface area contributed by atoms with Crippen molar-refractivity contribution < 1.29 is 8.83 Å². The molecule has 0 aliphatic rings. The molecule has 12 aromatic rings. The van der Waals surface area contributed by atoms with Gasteiger partial charge in [0.05, 0.1) is 22.7 Å². The maximum Gasteiger partial charge on any atom is 0.159 e. The van der Waals surface area contributed by atoms with Crippen LogP contribution in [0.5, 0.6) is 0 Å². The molecule has 0 aliphatic heterocycles. The number of anilines is 6. The smallest absolute Gasteiger partial charge is 0.159 e. The molecule has 78 heavy (non-hydrogen) atoms. The van der Waals surface area contributed by atoms with Gasteiger partial charge in [-0.25, -0.2) is 0 Å². The quantitative estimate of drug-likeness (QED) is 0.142. The van der Waals surface area contributed by atoms with E-state index in [4.69, 9.17) is 8.83 Å². The van der Waals surface area contributed by atoms with Gasteiger partial charge in [-0.1, -0.05) is 208 Å². The van der Waals surface area contributed by atoms with Crippen molar-refractivity contribution in [3.8, 4) is 0 Å². The Morgan fingerprint density at radius 2 is 0.667 bits per heavy atom. The van der Waals surface area contributed by atoms with Gasteiger partial charge < -0.3 is 18.6 Å². The topological polar surface area (TPSA) is 32.8 Å². The number of furan rings is 2. The largest absolute Gasteiger partial charge is 0.454 e. The highest BCUT2D eigenvalue weighted by Gasteiger charge is 2.32. The SMILES string of the molecule is CC(C)c1cc(N(c2ccccc2)c2cccc3c2oc2c(C(C)(C)C)cc(C(C)(C)C)cc23)c2ccc3c(C(C)C)cc(N(c4ccccc4)c4cccc5c4oc4c(C(C)(C)C)cc(C(C)(C)C)cc45)c4ccc1c2c34. The van der Waals surface area contributed by atoms with Crippen molar-refractivity contribution in [1.29, 1.82) is 0 Å². The number of hydrogen-bond acceptors (Lipinski definition) is 4. The lowest BCUT2D eigenvalue weighted by Crippen LogP contribution is -2.16. The average Bonchev–Trinajstić information content (AvgIpc) is 3.98. The summed E-state index contributed by atoms with van der Waals surface area (Å²) in [5.41, 5.74) is 17.4. The molecule has 4 nitrogen and oxygen atoms in total. The molecule has 0 saturated carbocycles. The van der Waals surface area contributed by atoms with Crippen molar-refractivity contribution in [3.63, 3.8) is 0 Å². The second-order valence-electron chi connectivity index (χ2n) is 27.0. The molecule has 0 aliphatic carbocycles. The normalized spacial score (nSPS) is 13.1. The fourth-order valence-corrected chi connectivity index (χ4v) is 12.4. The Bertz CT molecular complexity index is 4010. The molecule has 10 aromatic carbocycles. The highest BCUT2D eigenvalue weighted by atomic mass is 16.3. The summed E-state index contributed by atoms with van der Waals surface area (Å²) in [4.78, 5) is 4.95. The minimum Gasteiger partial charge on any atom is -0.454 e. The van der Waals surface area contributed by atoms with Gasteiger partial charge in [0, 0.05) is 54.8 Å². The van der Waals surface area contributed by atoms with Crippen LogP contribution in [0.1, 0.15) is 156 Å². The van der Waals surface area contributed by atoms with E-state index in [-0.39, 0.29) is 33.5 Å². The molecule has 0 unspecified atom stereocenters. The predicted octanol–water partition coefficient (Wildman–Crippen LogP) is 22.8. The molecular formula is C74H76N2O2. The standard InChI is InChI=1S/C74H76N2O2/c1-43(2)55-41-63(75(47-25-19-17-20-26-47)61-31-23-29-51-57-37-45(71(5,6)7)39-59(73(11,12)13)67(57)77-69(51)61)53-36-34-50-56(44(3)4)42-64(54-35-33-49(55)65(53)66(50)54)76(48-27-21-18-22-28-48)62-32-24-30-52-58-38-46(72(8,9)10)40-60(74(14,15)16)68(58)78-70(52)62/h17-44H,1-16H3. The number of nitrogens with zero attached hydrogens (tertiary/aromatic N) is 2. The Labute approximate surface area is 462 Å². The highest BCUT2D eigenvalue weighted by molar-refractivity contribution is 6.30.